The Balaban J connectivity index is 1.34. The number of aromatic nitrogens is 4. The quantitative estimate of drug-likeness (QED) is 0.457. The molecule has 1 amide bonds. The van der Waals surface area contributed by atoms with Gasteiger partial charge in [-0.05, 0) is 29.8 Å². The highest BCUT2D eigenvalue weighted by atomic mass is 32.2. The molecule has 160 valence electrons. The molecule has 9 heteroatoms. The van der Waals surface area contributed by atoms with Crippen LogP contribution >= 0.6 is 0 Å². The number of aryl methyl sites for hydroxylation is 1. The van der Waals surface area contributed by atoms with Crippen molar-refractivity contribution in [1.29, 1.82) is 0 Å². The summed E-state index contributed by atoms with van der Waals surface area (Å²) in [5, 5.41) is 13.0. The molecule has 31 heavy (non-hydrogen) atoms. The first-order valence-corrected chi connectivity index (χ1v) is 11.6. The Morgan fingerprint density at radius 1 is 1.00 bits per heavy atom. The predicted octanol–water partition coefficient (Wildman–Crippen LogP) is 3.10. The summed E-state index contributed by atoms with van der Waals surface area (Å²) in [6, 6.07) is 12.6. The topological polar surface area (TPSA) is 98.9 Å². The number of hydrogen-bond donors (Lipinski definition) is 1. The van der Waals surface area contributed by atoms with Crippen LogP contribution in [0.25, 0.3) is 10.8 Å². The lowest BCUT2D eigenvalue weighted by molar-refractivity contribution is -0.115. The number of nitrogens with one attached hydrogen (secondary N) is 1. The molecular weight excluding hydrogens is 414 g/mol. The van der Waals surface area contributed by atoms with Crippen LogP contribution in [0.4, 0.5) is 5.69 Å². The maximum Gasteiger partial charge on any atom is 0.225 e. The van der Waals surface area contributed by atoms with E-state index in [9.17, 15) is 13.2 Å². The van der Waals surface area contributed by atoms with Gasteiger partial charge in [0.2, 0.25) is 5.91 Å². The number of sulfone groups is 1. The Morgan fingerprint density at radius 3 is 2.55 bits per heavy atom. The van der Waals surface area contributed by atoms with E-state index in [1.165, 1.54) is 0 Å². The van der Waals surface area contributed by atoms with Gasteiger partial charge >= 0.3 is 0 Å². The molecule has 0 bridgehead atoms. The third-order valence-electron chi connectivity index (χ3n) is 4.95. The molecule has 8 nitrogen and oxygen atoms in total. The van der Waals surface area contributed by atoms with E-state index in [4.69, 9.17) is 0 Å². The summed E-state index contributed by atoms with van der Waals surface area (Å²) in [5.74, 6) is -0.635. The molecule has 0 aliphatic carbocycles. The second kappa shape index (κ2) is 8.73. The first-order valence-electron chi connectivity index (χ1n) is 9.98. The number of fused-ring (bicyclic) bond motifs is 1. The van der Waals surface area contributed by atoms with Crippen LogP contribution in [0.3, 0.4) is 0 Å². The average molecular weight is 438 g/mol. The molecule has 0 unspecified atom stereocenters. The lowest BCUT2D eigenvalue weighted by Crippen LogP contribution is -2.17. The van der Waals surface area contributed by atoms with Gasteiger partial charge in [0, 0.05) is 30.9 Å². The smallest absolute Gasteiger partial charge is 0.225 e. The number of carbonyl (C=O) groups is 1. The fourth-order valence-corrected chi connectivity index (χ4v) is 4.56. The van der Waals surface area contributed by atoms with Crippen molar-refractivity contribution < 1.29 is 13.2 Å². The summed E-state index contributed by atoms with van der Waals surface area (Å²) in [4.78, 5) is 12.5. The van der Waals surface area contributed by atoms with E-state index in [0.717, 1.165) is 22.9 Å². The molecule has 2 aromatic heterocycles. The molecule has 0 radical (unpaired) electrons. The zero-order valence-electron chi connectivity index (χ0n) is 17.1. The number of carbonyl (C=O) groups excluding carboxylic acids is 1. The highest BCUT2D eigenvalue weighted by Crippen LogP contribution is 2.20. The molecule has 0 atom stereocenters. The van der Waals surface area contributed by atoms with Gasteiger partial charge in [-0.15, -0.1) is 0 Å². The summed E-state index contributed by atoms with van der Waals surface area (Å²) in [7, 11) is -3.57. The van der Waals surface area contributed by atoms with Gasteiger partial charge in [-0.25, -0.2) is 8.42 Å². The van der Waals surface area contributed by atoms with Crippen LogP contribution < -0.4 is 5.32 Å². The fraction of sp³-hybridized carbons (Fsp3) is 0.227. The Labute approximate surface area is 180 Å². The van der Waals surface area contributed by atoms with Gasteiger partial charge < -0.3 is 5.32 Å². The zero-order valence-corrected chi connectivity index (χ0v) is 17.9. The third kappa shape index (κ3) is 5.00. The number of nitrogens with zero attached hydrogens (tertiary/aromatic N) is 4. The molecule has 0 spiro atoms. The van der Waals surface area contributed by atoms with E-state index in [1.54, 1.807) is 41.5 Å². The van der Waals surface area contributed by atoms with Crippen molar-refractivity contribution in [3.05, 3.63) is 72.8 Å². The van der Waals surface area contributed by atoms with Crippen molar-refractivity contribution in [1.82, 2.24) is 19.6 Å². The van der Waals surface area contributed by atoms with Crippen molar-refractivity contribution in [3.8, 4) is 0 Å². The molecule has 0 saturated carbocycles. The second-order valence-electron chi connectivity index (χ2n) is 7.26. The van der Waals surface area contributed by atoms with E-state index < -0.39 is 9.84 Å². The van der Waals surface area contributed by atoms with Gasteiger partial charge in [-0.3, -0.25) is 14.2 Å². The lowest BCUT2D eigenvalue weighted by Gasteiger charge is -2.06. The molecule has 0 saturated heterocycles. The maximum atomic E-state index is 12.7. The van der Waals surface area contributed by atoms with Crippen molar-refractivity contribution in [2.45, 2.75) is 31.3 Å². The van der Waals surface area contributed by atoms with Gasteiger partial charge in [0.25, 0.3) is 0 Å². The van der Waals surface area contributed by atoms with Gasteiger partial charge in [-0.2, -0.15) is 10.2 Å². The Bertz CT molecular complexity index is 1320. The zero-order chi connectivity index (χ0) is 21.8. The largest absolute Gasteiger partial charge is 0.323 e. The summed E-state index contributed by atoms with van der Waals surface area (Å²) in [6.07, 6.45) is 6.83. The minimum Gasteiger partial charge on any atom is -0.323 e. The minimum atomic E-state index is -3.57. The van der Waals surface area contributed by atoms with E-state index >= 15 is 0 Å². The van der Waals surface area contributed by atoms with Crippen molar-refractivity contribution in [2.24, 2.45) is 0 Å². The fourth-order valence-electron chi connectivity index (χ4n) is 3.29. The second-order valence-corrected chi connectivity index (χ2v) is 9.37. The van der Waals surface area contributed by atoms with E-state index in [2.05, 4.69) is 15.5 Å². The average Bonchev–Trinajstić information content (AvgIpc) is 3.41. The summed E-state index contributed by atoms with van der Waals surface area (Å²) >= 11 is 0. The van der Waals surface area contributed by atoms with Crippen molar-refractivity contribution in [3.63, 3.8) is 0 Å². The first-order chi connectivity index (χ1) is 14.9. The number of hydrogen-bond acceptors (Lipinski definition) is 5. The Hall–Kier alpha value is -3.46. The van der Waals surface area contributed by atoms with Crippen LogP contribution in [-0.2, 0) is 27.7 Å². The number of rotatable bonds is 8. The number of benzene rings is 2. The van der Waals surface area contributed by atoms with Crippen LogP contribution in [0.1, 0.15) is 18.9 Å². The van der Waals surface area contributed by atoms with Crippen LogP contribution in [0, 0.1) is 0 Å². The van der Waals surface area contributed by atoms with E-state index in [0.29, 0.717) is 12.2 Å². The van der Waals surface area contributed by atoms with Gasteiger partial charge in [0.05, 0.1) is 35.3 Å². The molecule has 1 N–H and O–H groups in total. The standard InChI is InChI=1S/C22H23N5O3S/c1-2-26-14-17(12-23-26)15-27-16-20(13-24-27)25-22(28)9-10-31(29,30)21-8-7-18-5-3-4-6-19(18)11-21/h3-8,11-14,16H,2,9-10,15H2,1H3,(H,25,28). The Kier molecular flexibility index (Phi) is 5.85. The van der Waals surface area contributed by atoms with Crippen LogP contribution in [0.5, 0.6) is 0 Å². The Morgan fingerprint density at radius 2 is 1.77 bits per heavy atom. The van der Waals surface area contributed by atoms with Crippen LogP contribution in [-0.4, -0.2) is 39.6 Å². The van der Waals surface area contributed by atoms with E-state index in [-0.39, 0.29) is 23.0 Å². The van der Waals surface area contributed by atoms with Gasteiger partial charge in [-0.1, -0.05) is 30.3 Å². The first kappa shape index (κ1) is 20.8. The van der Waals surface area contributed by atoms with Gasteiger partial charge in [0.15, 0.2) is 9.84 Å². The highest BCUT2D eigenvalue weighted by molar-refractivity contribution is 7.91. The van der Waals surface area contributed by atoms with Gasteiger partial charge in [0.1, 0.15) is 0 Å². The summed E-state index contributed by atoms with van der Waals surface area (Å²) < 4.78 is 28.8. The molecule has 0 fully saturated rings. The highest BCUT2D eigenvalue weighted by Gasteiger charge is 2.17. The van der Waals surface area contributed by atoms with Crippen LogP contribution in [0.2, 0.25) is 0 Å². The van der Waals surface area contributed by atoms with Crippen LogP contribution in [0.15, 0.2) is 72.1 Å². The molecule has 2 heterocycles. The van der Waals surface area contributed by atoms with Crippen molar-refractivity contribution in [2.75, 3.05) is 11.1 Å². The molecule has 0 aliphatic heterocycles. The van der Waals surface area contributed by atoms with E-state index in [1.807, 2.05) is 42.1 Å². The normalized spacial score (nSPS) is 11.6. The minimum absolute atomic E-state index is 0.135. The van der Waals surface area contributed by atoms with Crippen molar-refractivity contribution >= 4 is 32.2 Å². The predicted molar refractivity (Wildman–Crippen MR) is 118 cm³/mol. The SMILES string of the molecule is CCn1cc(Cn2cc(NC(=O)CCS(=O)(=O)c3ccc4ccccc4c3)cn2)cn1. The third-order valence-corrected chi connectivity index (χ3v) is 6.66. The lowest BCUT2D eigenvalue weighted by atomic mass is 10.1. The maximum absolute atomic E-state index is 12.7. The number of amides is 1. The molecule has 4 aromatic rings. The molecule has 2 aromatic carbocycles. The monoisotopic (exact) mass is 437 g/mol. The number of anilines is 1. The molecule has 0 aliphatic rings. The molecular formula is C22H23N5O3S. The summed E-state index contributed by atoms with van der Waals surface area (Å²) in [5.41, 5.74) is 1.53. The molecule has 4 rings (SSSR count). The summed E-state index contributed by atoms with van der Waals surface area (Å²) in [6.45, 7) is 3.34.